The summed E-state index contributed by atoms with van der Waals surface area (Å²) in [5.41, 5.74) is 6.73. The van der Waals surface area contributed by atoms with Crippen molar-refractivity contribution in [2.75, 3.05) is 20.3 Å². The van der Waals surface area contributed by atoms with Gasteiger partial charge in [-0.1, -0.05) is 18.2 Å². The Labute approximate surface area is 121 Å². The van der Waals surface area contributed by atoms with Crippen LogP contribution in [0.25, 0.3) is 0 Å². The summed E-state index contributed by atoms with van der Waals surface area (Å²) in [4.78, 5) is 0. The van der Waals surface area contributed by atoms with Gasteiger partial charge in [0.25, 0.3) is 0 Å². The lowest BCUT2D eigenvalue weighted by Gasteiger charge is -2.42. The number of rotatable bonds is 5. The van der Waals surface area contributed by atoms with Gasteiger partial charge in [0, 0.05) is 33.2 Å². The molecule has 112 valence electrons. The number of methoxy groups -OCH3 is 1. The standard InChI is InChI=1S/C16H26N2O2/c1-12-5-4-6-13(2)14(12)11-15(18-17)16(19-3)7-9-20-10-8-16/h4-6,15,18H,7-11,17H2,1-3H3. The van der Waals surface area contributed by atoms with Crippen molar-refractivity contribution in [3.8, 4) is 0 Å². The Morgan fingerprint density at radius 3 is 2.40 bits per heavy atom. The molecule has 0 aliphatic carbocycles. The summed E-state index contributed by atoms with van der Waals surface area (Å²) < 4.78 is 11.3. The van der Waals surface area contributed by atoms with Crippen LogP contribution in [0.2, 0.25) is 0 Å². The highest BCUT2D eigenvalue weighted by atomic mass is 16.5. The molecule has 1 aliphatic rings. The zero-order valence-corrected chi connectivity index (χ0v) is 12.7. The summed E-state index contributed by atoms with van der Waals surface area (Å²) in [5, 5.41) is 0. The van der Waals surface area contributed by atoms with E-state index in [0.717, 1.165) is 32.5 Å². The molecular formula is C16H26N2O2. The minimum absolute atomic E-state index is 0.0937. The first-order valence-corrected chi connectivity index (χ1v) is 7.27. The molecule has 1 saturated heterocycles. The maximum atomic E-state index is 5.86. The molecule has 0 amide bonds. The van der Waals surface area contributed by atoms with Gasteiger partial charge >= 0.3 is 0 Å². The summed E-state index contributed by atoms with van der Waals surface area (Å²) in [7, 11) is 1.78. The molecule has 3 N–H and O–H groups in total. The van der Waals surface area contributed by atoms with Gasteiger partial charge in [0.1, 0.15) is 0 Å². The topological polar surface area (TPSA) is 56.5 Å². The van der Waals surface area contributed by atoms with Crippen LogP contribution in [0.4, 0.5) is 0 Å². The highest BCUT2D eigenvalue weighted by Gasteiger charge is 2.40. The van der Waals surface area contributed by atoms with Gasteiger partial charge in [-0.05, 0) is 37.0 Å². The Hall–Kier alpha value is -0.940. The number of nitrogens with one attached hydrogen (secondary N) is 1. The van der Waals surface area contributed by atoms with E-state index >= 15 is 0 Å². The molecule has 0 bridgehead atoms. The molecule has 4 heteroatoms. The SMILES string of the molecule is COC1(C(Cc2c(C)cccc2C)NN)CCOCC1. The maximum Gasteiger partial charge on any atom is 0.0891 e. The Balaban J connectivity index is 2.23. The molecular weight excluding hydrogens is 252 g/mol. The number of benzene rings is 1. The maximum absolute atomic E-state index is 5.86. The van der Waals surface area contributed by atoms with Crippen LogP contribution in [0.3, 0.4) is 0 Å². The minimum Gasteiger partial charge on any atom is -0.381 e. The Morgan fingerprint density at radius 1 is 1.30 bits per heavy atom. The first-order chi connectivity index (χ1) is 9.63. The molecule has 0 radical (unpaired) electrons. The number of hydrogen-bond acceptors (Lipinski definition) is 4. The van der Waals surface area contributed by atoms with Gasteiger partial charge in [0.15, 0.2) is 0 Å². The molecule has 0 aromatic heterocycles. The van der Waals surface area contributed by atoms with Crippen molar-refractivity contribution in [3.63, 3.8) is 0 Å². The lowest BCUT2D eigenvalue weighted by Crippen LogP contribution is -2.58. The molecule has 1 fully saturated rings. The molecule has 1 aromatic carbocycles. The molecule has 20 heavy (non-hydrogen) atoms. The van der Waals surface area contributed by atoms with E-state index in [1.54, 1.807) is 7.11 Å². The molecule has 1 heterocycles. The lowest BCUT2D eigenvalue weighted by molar-refractivity contribution is -0.110. The van der Waals surface area contributed by atoms with Crippen molar-refractivity contribution in [1.29, 1.82) is 0 Å². The van der Waals surface area contributed by atoms with Gasteiger partial charge < -0.3 is 9.47 Å². The minimum atomic E-state index is -0.234. The van der Waals surface area contributed by atoms with Crippen LogP contribution < -0.4 is 11.3 Å². The van der Waals surface area contributed by atoms with Crippen molar-refractivity contribution in [1.82, 2.24) is 5.43 Å². The first kappa shape index (κ1) is 15.4. The predicted octanol–water partition coefficient (Wildman–Crippen LogP) is 1.87. The number of hydrazine groups is 1. The van der Waals surface area contributed by atoms with Crippen LogP contribution in [-0.2, 0) is 15.9 Å². The van der Waals surface area contributed by atoms with E-state index in [-0.39, 0.29) is 11.6 Å². The largest absolute Gasteiger partial charge is 0.381 e. The fraction of sp³-hybridized carbons (Fsp3) is 0.625. The zero-order valence-electron chi connectivity index (χ0n) is 12.7. The summed E-state index contributed by atoms with van der Waals surface area (Å²) in [6.07, 6.45) is 2.63. The summed E-state index contributed by atoms with van der Waals surface area (Å²) in [5.74, 6) is 5.84. The van der Waals surface area contributed by atoms with Gasteiger partial charge in [-0.15, -0.1) is 0 Å². The van der Waals surface area contributed by atoms with Gasteiger partial charge in [0.05, 0.1) is 11.6 Å². The second-order valence-corrected chi connectivity index (χ2v) is 5.68. The Kier molecular flexibility index (Phi) is 5.16. The van der Waals surface area contributed by atoms with E-state index < -0.39 is 0 Å². The van der Waals surface area contributed by atoms with E-state index in [9.17, 15) is 0 Å². The molecule has 2 rings (SSSR count). The smallest absolute Gasteiger partial charge is 0.0891 e. The number of hydrogen-bond donors (Lipinski definition) is 2. The zero-order chi connectivity index (χ0) is 14.6. The molecule has 1 aliphatic heterocycles. The first-order valence-electron chi connectivity index (χ1n) is 7.27. The van der Waals surface area contributed by atoms with Crippen LogP contribution in [0.15, 0.2) is 18.2 Å². The van der Waals surface area contributed by atoms with E-state index in [0.29, 0.717) is 0 Å². The molecule has 0 saturated carbocycles. The highest BCUT2D eigenvalue weighted by molar-refractivity contribution is 5.34. The quantitative estimate of drug-likeness (QED) is 0.638. The summed E-state index contributed by atoms with van der Waals surface area (Å²) >= 11 is 0. The molecule has 1 aromatic rings. The van der Waals surface area contributed by atoms with Crippen molar-refractivity contribution < 1.29 is 9.47 Å². The predicted molar refractivity (Wildman–Crippen MR) is 80.5 cm³/mol. The normalized spacial score (nSPS) is 19.8. The van der Waals surface area contributed by atoms with E-state index in [4.69, 9.17) is 15.3 Å². The molecule has 1 atom stereocenters. The van der Waals surface area contributed by atoms with Crippen LogP contribution in [0.5, 0.6) is 0 Å². The van der Waals surface area contributed by atoms with Crippen LogP contribution in [0.1, 0.15) is 29.5 Å². The lowest BCUT2D eigenvalue weighted by atomic mass is 9.81. The monoisotopic (exact) mass is 278 g/mol. The number of ether oxygens (including phenoxy) is 2. The molecule has 0 spiro atoms. The molecule has 4 nitrogen and oxygen atoms in total. The van der Waals surface area contributed by atoms with Gasteiger partial charge in [-0.3, -0.25) is 11.3 Å². The van der Waals surface area contributed by atoms with E-state index in [2.05, 4.69) is 37.5 Å². The third kappa shape index (κ3) is 3.04. The van der Waals surface area contributed by atoms with Gasteiger partial charge in [-0.2, -0.15) is 0 Å². The summed E-state index contributed by atoms with van der Waals surface area (Å²) in [6.45, 7) is 5.77. The van der Waals surface area contributed by atoms with Crippen LogP contribution >= 0.6 is 0 Å². The number of aryl methyl sites for hydroxylation is 2. The van der Waals surface area contributed by atoms with Crippen LogP contribution in [0, 0.1) is 13.8 Å². The average Bonchev–Trinajstić information content (AvgIpc) is 2.48. The van der Waals surface area contributed by atoms with Crippen molar-refractivity contribution >= 4 is 0 Å². The van der Waals surface area contributed by atoms with E-state index in [1.807, 2.05) is 0 Å². The van der Waals surface area contributed by atoms with E-state index in [1.165, 1.54) is 16.7 Å². The fourth-order valence-electron chi connectivity index (χ4n) is 3.18. The second kappa shape index (κ2) is 6.68. The van der Waals surface area contributed by atoms with Gasteiger partial charge in [0.2, 0.25) is 0 Å². The average molecular weight is 278 g/mol. The molecule has 1 unspecified atom stereocenters. The third-order valence-corrected chi connectivity index (χ3v) is 4.63. The highest BCUT2D eigenvalue weighted by Crippen LogP contribution is 2.31. The van der Waals surface area contributed by atoms with Gasteiger partial charge in [-0.25, -0.2) is 0 Å². The summed E-state index contributed by atoms with van der Waals surface area (Å²) in [6, 6.07) is 6.49. The van der Waals surface area contributed by atoms with Crippen molar-refractivity contribution in [2.45, 2.75) is 44.8 Å². The Bertz CT molecular complexity index is 422. The second-order valence-electron chi connectivity index (χ2n) is 5.68. The number of nitrogens with two attached hydrogens (primary N) is 1. The Morgan fingerprint density at radius 2 is 1.90 bits per heavy atom. The van der Waals surface area contributed by atoms with Crippen LogP contribution in [-0.4, -0.2) is 32.0 Å². The van der Waals surface area contributed by atoms with Crippen molar-refractivity contribution in [2.24, 2.45) is 5.84 Å². The fourth-order valence-corrected chi connectivity index (χ4v) is 3.18. The third-order valence-electron chi connectivity index (χ3n) is 4.63. The van der Waals surface area contributed by atoms with Crippen molar-refractivity contribution in [3.05, 3.63) is 34.9 Å².